The summed E-state index contributed by atoms with van der Waals surface area (Å²) in [5.74, 6) is 1.87. The predicted octanol–water partition coefficient (Wildman–Crippen LogP) is 3.17. The summed E-state index contributed by atoms with van der Waals surface area (Å²) < 4.78 is 5.24. The standard InChI is InChI=1S/C25H30N6O2S/c1-33-22-7-5-19(6-8-22)23-28-21(18-34-23)17-29-12-14-30(15-13-29)24(32)20-4-2-11-31(16-20)25-26-9-3-10-27-25/h3,5-10,18,20H,2,4,11-17H2,1H3. The number of anilines is 1. The van der Waals surface area contributed by atoms with Crippen molar-refractivity contribution in [2.24, 2.45) is 5.92 Å². The van der Waals surface area contributed by atoms with E-state index in [1.54, 1.807) is 30.8 Å². The third-order valence-electron chi connectivity index (χ3n) is 6.56. The average Bonchev–Trinajstić information content (AvgIpc) is 3.38. The Balaban J connectivity index is 1.12. The molecule has 34 heavy (non-hydrogen) atoms. The number of carbonyl (C=O) groups excluding carboxylic acids is 1. The van der Waals surface area contributed by atoms with Crippen LogP contribution in [0.2, 0.25) is 0 Å². The first-order valence-corrected chi connectivity index (χ1v) is 12.7. The van der Waals surface area contributed by atoms with Crippen LogP contribution in [-0.2, 0) is 11.3 Å². The maximum atomic E-state index is 13.2. The Morgan fingerprint density at radius 3 is 2.59 bits per heavy atom. The molecule has 2 aliphatic heterocycles. The molecule has 1 amide bonds. The van der Waals surface area contributed by atoms with Crippen LogP contribution >= 0.6 is 11.3 Å². The first-order valence-electron chi connectivity index (χ1n) is 11.8. The second kappa shape index (κ2) is 10.5. The molecule has 1 atom stereocenters. The summed E-state index contributed by atoms with van der Waals surface area (Å²) in [4.78, 5) is 33.4. The number of nitrogens with zero attached hydrogens (tertiary/aromatic N) is 6. The van der Waals surface area contributed by atoms with E-state index in [-0.39, 0.29) is 11.8 Å². The van der Waals surface area contributed by atoms with Gasteiger partial charge in [0.15, 0.2) is 0 Å². The maximum Gasteiger partial charge on any atom is 0.227 e. The number of ether oxygens (including phenoxy) is 1. The quantitative estimate of drug-likeness (QED) is 0.539. The molecule has 178 valence electrons. The predicted molar refractivity (Wildman–Crippen MR) is 133 cm³/mol. The third kappa shape index (κ3) is 5.20. The molecule has 0 saturated carbocycles. The van der Waals surface area contributed by atoms with E-state index in [1.165, 1.54) is 0 Å². The SMILES string of the molecule is COc1ccc(-c2nc(CN3CCN(C(=O)C4CCCN(c5ncccn5)C4)CC3)cs2)cc1. The molecule has 0 radical (unpaired) electrons. The summed E-state index contributed by atoms with van der Waals surface area (Å²) >= 11 is 1.67. The summed E-state index contributed by atoms with van der Waals surface area (Å²) in [7, 11) is 1.67. The van der Waals surface area contributed by atoms with Crippen molar-refractivity contribution < 1.29 is 9.53 Å². The molecule has 8 nitrogen and oxygen atoms in total. The highest BCUT2D eigenvalue weighted by Gasteiger charge is 2.31. The van der Waals surface area contributed by atoms with Crippen molar-refractivity contribution in [1.29, 1.82) is 0 Å². The number of amides is 1. The van der Waals surface area contributed by atoms with Gasteiger partial charge in [-0.2, -0.15) is 0 Å². The topological polar surface area (TPSA) is 74.7 Å². The van der Waals surface area contributed by atoms with Crippen LogP contribution in [0.3, 0.4) is 0 Å². The Labute approximate surface area is 204 Å². The number of rotatable bonds is 6. The lowest BCUT2D eigenvalue weighted by Gasteiger charge is -2.38. The molecule has 2 fully saturated rings. The molecular formula is C25H30N6O2S. The van der Waals surface area contributed by atoms with E-state index >= 15 is 0 Å². The number of thiazole rings is 1. The number of benzene rings is 1. The van der Waals surface area contributed by atoms with Crippen molar-refractivity contribution in [2.45, 2.75) is 19.4 Å². The van der Waals surface area contributed by atoms with Gasteiger partial charge in [-0.15, -0.1) is 11.3 Å². The van der Waals surface area contributed by atoms with Gasteiger partial charge in [-0.05, 0) is 43.2 Å². The van der Waals surface area contributed by atoms with Crippen LogP contribution in [0, 0.1) is 5.92 Å². The Morgan fingerprint density at radius 2 is 1.85 bits per heavy atom. The monoisotopic (exact) mass is 478 g/mol. The zero-order chi connectivity index (χ0) is 23.3. The molecule has 2 saturated heterocycles. The van der Waals surface area contributed by atoms with E-state index in [9.17, 15) is 4.79 Å². The highest BCUT2D eigenvalue weighted by atomic mass is 32.1. The maximum absolute atomic E-state index is 13.2. The first kappa shape index (κ1) is 22.7. The number of hydrogen-bond donors (Lipinski definition) is 0. The van der Waals surface area contributed by atoms with Crippen LogP contribution in [0.5, 0.6) is 5.75 Å². The lowest BCUT2D eigenvalue weighted by Crippen LogP contribution is -2.52. The first-order chi connectivity index (χ1) is 16.7. The Morgan fingerprint density at radius 1 is 1.09 bits per heavy atom. The molecule has 0 aliphatic carbocycles. The molecule has 0 bridgehead atoms. The number of methoxy groups -OCH3 is 1. The normalized spacial score (nSPS) is 19.3. The largest absolute Gasteiger partial charge is 0.497 e. The molecular weight excluding hydrogens is 448 g/mol. The Bertz CT molecular complexity index is 1080. The van der Waals surface area contributed by atoms with Crippen LogP contribution < -0.4 is 9.64 Å². The lowest BCUT2D eigenvalue weighted by molar-refractivity contribution is -0.137. The van der Waals surface area contributed by atoms with Gasteiger partial charge in [0.25, 0.3) is 0 Å². The minimum atomic E-state index is 0.0229. The van der Waals surface area contributed by atoms with Crippen molar-refractivity contribution in [3.63, 3.8) is 0 Å². The highest BCUT2D eigenvalue weighted by molar-refractivity contribution is 7.13. The van der Waals surface area contributed by atoms with Gasteiger partial charge in [-0.25, -0.2) is 15.0 Å². The van der Waals surface area contributed by atoms with Crippen LogP contribution in [0.25, 0.3) is 10.6 Å². The van der Waals surface area contributed by atoms with Crippen molar-refractivity contribution in [3.05, 3.63) is 53.8 Å². The number of aromatic nitrogens is 3. The second-order valence-corrected chi connectivity index (χ2v) is 9.67. The molecule has 2 aliphatic rings. The van der Waals surface area contributed by atoms with Gasteiger partial charge in [0.1, 0.15) is 10.8 Å². The molecule has 2 aromatic heterocycles. The van der Waals surface area contributed by atoms with Crippen LogP contribution in [0.4, 0.5) is 5.95 Å². The van der Waals surface area contributed by atoms with E-state index in [2.05, 4.69) is 25.1 Å². The molecule has 3 aromatic rings. The number of piperidine rings is 1. The minimum absolute atomic E-state index is 0.0229. The van der Waals surface area contributed by atoms with E-state index in [4.69, 9.17) is 9.72 Å². The van der Waals surface area contributed by atoms with Crippen molar-refractivity contribution in [1.82, 2.24) is 24.8 Å². The van der Waals surface area contributed by atoms with Gasteiger partial charge >= 0.3 is 0 Å². The smallest absolute Gasteiger partial charge is 0.227 e. The van der Waals surface area contributed by atoms with Gasteiger partial charge in [0.05, 0.1) is 18.7 Å². The third-order valence-corrected chi connectivity index (χ3v) is 7.50. The summed E-state index contributed by atoms with van der Waals surface area (Å²) in [5.41, 5.74) is 2.19. The molecule has 9 heteroatoms. The average molecular weight is 479 g/mol. The minimum Gasteiger partial charge on any atom is -0.497 e. The van der Waals surface area contributed by atoms with E-state index < -0.39 is 0 Å². The Kier molecular flexibility index (Phi) is 7.01. The fourth-order valence-electron chi connectivity index (χ4n) is 4.67. The van der Waals surface area contributed by atoms with Crippen molar-refractivity contribution >= 4 is 23.2 Å². The van der Waals surface area contributed by atoms with Crippen molar-refractivity contribution in [3.8, 4) is 16.3 Å². The van der Waals surface area contributed by atoms with Crippen LogP contribution in [-0.4, -0.2) is 77.0 Å². The van der Waals surface area contributed by atoms with E-state index in [1.807, 2.05) is 35.2 Å². The van der Waals surface area contributed by atoms with Gasteiger partial charge in [0.2, 0.25) is 11.9 Å². The fraction of sp³-hybridized carbons (Fsp3) is 0.440. The number of hydrogen-bond acceptors (Lipinski definition) is 8. The molecule has 0 N–H and O–H groups in total. The van der Waals surface area contributed by atoms with Gasteiger partial charge in [-0.1, -0.05) is 0 Å². The lowest BCUT2D eigenvalue weighted by atomic mass is 9.96. The summed E-state index contributed by atoms with van der Waals surface area (Å²) in [6.45, 7) is 5.72. The fourth-order valence-corrected chi connectivity index (χ4v) is 5.49. The van der Waals surface area contributed by atoms with Crippen molar-refractivity contribution in [2.75, 3.05) is 51.3 Å². The summed E-state index contributed by atoms with van der Waals surface area (Å²) in [6, 6.07) is 9.83. The summed E-state index contributed by atoms with van der Waals surface area (Å²) in [6.07, 6.45) is 5.45. The van der Waals surface area contributed by atoms with Gasteiger partial charge < -0.3 is 14.5 Å². The second-order valence-electron chi connectivity index (χ2n) is 8.81. The highest BCUT2D eigenvalue weighted by Crippen LogP contribution is 2.27. The van der Waals surface area contributed by atoms with Gasteiger partial charge in [0, 0.05) is 69.2 Å². The molecule has 5 rings (SSSR count). The van der Waals surface area contributed by atoms with E-state index in [0.29, 0.717) is 6.54 Å². The van der Waals surface area contributed by atoms with Crippen LogP contribution in [0.1, 0.15) is 18.5 Å². The molecule has 4 heterocycles. The van der Waals surface area contributed by atoms with Crippen LogP contribution in [0.15, 0.2) is 48.1 Å². The zero-order valence-corrected chi connectivity index (χ0v) is 20.3. The Hall–Kier alpha value is -3.04. The van der Waals surface area contributed by atoms with E-state index in [0.717, 1.165) is 80.1 Å². The summed E-state index contributed by atoms with van der Waals surface area (Å²) in [5, 5.41) is 3.16. The number of carbonyl (C=O) groups is 1. The molecule has 1 aromatic carbocycles. The molecule has 1 unspecified atom stereocenters. The molecule has 0 spiro atoms. The zero-order valence-electron chi connectivity index (χ0n) is 19.5. The number of piperazine rings is 1. The van der Waals surface area contributed by atoms with Gasteiger partial charge in [-0.3, -0.25) is 9.69 Å².